The SMILES string of the molecule is O=C(NCc1ccn[nH]1)c1ccc([N+](=O)[O-])c(Cl)c1. The van der Waals surface area contributed by atoms with Crippen LogP contribution in [0.4, 0.5) is 5.69 Å². The van der Waals surface area contributed by atoms with Crippen molar-refractivity contribution in [3.05, 3.63) is 56.9 Å². The van der Waals surface area contributed by atoms with Crippen LogP contribution in [-0.2, 0) is 6.54 Å². The topological polar surface area (TPSA) is 101 Å². The molecule has 2 aromatic rings. The zero-order chi connectivity index (χ0) is 13.8. The number of aromatic nitrogens is 2. The molecule has 1 amide bonds. The first-order valence-electron chi connectivity index (χ1n) is 5.28. The normalized spacial score (nSPS) is 10.2. The lowest BCUT2D eigenvalue weighted by Gasteiger charge is -2.04. The second-order valence-electron chi connectivity index (χ2n) is 3.69. The van der Waals surface area contributed by atoms with Crippen LogP contribution < -0.4 is 5.32 Å². The summed E-state index contributed by atoms with van der Waals surface area (Å²) in [5, 5.41) is 19.6. The van der Waals surface area contributed by atoms with Crippen molar-refractivity contribution in [2.24, 2.45) is 0 Å². The van der Waals surface area contributed by atoms with E-state index in [1.165, 1.54) is 18.2 Å². The first-order chi connectivity index (χ1) is 9.08. The van der Waals surface area contributed by atoms with Crippen molar-refractivity contribution < 1.29 is 9.72 Å². The molecule has 0 bridgehead atoms. The molecule has 7 nitrogen and oxygen atoms in total. The highest BCUT2D eigenvalue weighted by Crippen LogP contribution is 2.24. The second-order valence-corrected chi connectivity index (χ2v) is 4.10. The highest BCUT2D eigenvalue weighted by molar-refractivity contribution is 6.33. The summed E-state index contributed by atoms with van der Waals surface area (Å²) in [5.74, 6) is -0.369. The van der Waals surface area contributed by atoms with Gasteiger partial charge in [-0.15, -0.1) is 0 Å². The van der Waals surface area contributed by atoms with E-state index < -0.39 is 4.92 Å². The number of hydrogen-bond donors (Lipinski definition) is 2. The number of carbonyl (C=O) groups excluding carboxylic acids is 1. The van der Waals surface area contributed by atoms with Gasteiger partial charge >= 0.3 is 0 Å². The summed E-state index contributed by atoms with van der Waals surface area (Å²) in [7, 11) is 0. The monoisotopic (exact) mass is 280 g/mol. The standard InChI is InChI=1S/C11H9ClN4O3/c12-9-5-7(1-2-10(9)16(18)19)11(17)13-6-8-3-4-14-15-8/h1-5H,6H2,(H,13,17)(H,14,15). The molecule has 2 N–H and O–H groups in total. The van der Waals surface area contributed by atoms with E-state index in [2.05, 4.69) is 15.5 Å². The number of halogens is 1. The van der Waals surface area contributed by atoms with Crippen LogP contribution in [0.15, 0.2) is 30.5 Å². The van der Waals surface area contributed by atoms with Crippen molar-refractivity contribution in [1.82, 2.24) is 15.5 Å². The molecule has 1 aromatic carbocycles. The maximum absolute atomic E-state index is 11.8. The Balaban J connectivity index is 2.07. The predicted molar refractivity (Wildman–Crippen MR) is 67.9 cm³/mol. The maximum atomic E-state index is 11.8. The van der Waals surface area contributed by atoms with Gasteiger partial charge < -0.3 is 5.32 Å². The third kappa shape index (κ3) is 3.08. The number of nitrogens with one attached hydrogen (secondary N) is 2. The second kappa shape index (κ2) is 5.49. The van der Waals surface area contributed by atoms with Gasteiger partial charge in [-0.2, -0.15) is 5.10 Å². The fourth-order valence-corrected chi connectivity index (χ4v) is 1.71. The molecule has 98 valence electrons. The molecule has 1 heterocycles. The quantitative estimate of drug-likeness (QED) is 0.659. The van der Waals surface area contributed by atoms with Crippen molar-refractivity contribution >= 4 is 23.2 Å². The maximum Gasteiger partial charge on any atom is 0.287 e. The lowest BCUT2D eigenvalue weighted by atomic mass is 10.2. The van der Waals surface area contributed by atoms with Gasteiger partial charge in [0.1, 0.15) is 5.02 Å². The molecule has 0 radical (unpaired) electrons. The minimum Gasteiger partial charge on any atom is -0.346 e. The number of nitro benzene ring substituents is 1. The Morgan fingerprint density at radius 2 is 2.26 bits per heavy atom. The largest absolute Gasteiger partial charge is 0.346 e. The van der Waals surface area contributed by atoms with Gasteiger partial charge in [-0.1, -0.05) is 11.6 Å². The molecular formula is C11H9ClN4O3. The molecule has 0 atom stereocenters. The van der Waals surface area contributed by atoms with Crippen LogP contribution in [0.25, 0.3) is 0 Å². The van der Waals surface area contributed by atoms with Crippen LogP contribution in [0, 0.1) is 10.1 Å². The van der Waals surface area contributed by atoms with Crippen molar-refractivity contribution in [1.29, 1.82) is 0 Å². The molecule has 0 unspecified atom stereocenters. The number of H-pyrrole nitrogens is 1. The molecule has 0 saturated carbocycles. The van der Waals surface area contributed by atoms with E-state index in [4.69, 9.17) is 11.6 Å². The summed E-state index contributed by atoms with van der Waals surface area (Å²) in [5.41, 5.74) is 0.781. The molecule has 1 aromatic heterocycles. The van der Waals surface area contributed by atoms with E-state index in [-0.39, 0.29) is 28.7 Å². The fourth-order valence-electron chi connectivity index (χ4n) is 1.46. The van der Waals surface area contributed by atoms with Crippen molar-refractivity contribution in [2.75, 3.05) is 0 Å². The molecular weight excluding hydrogens is 272 g/mol. The van der Waals surface area contributed by atoms with Crippen LogP contribution in [0.5, 0.6) is 0 Å². The Kier molecular flexibility index (Phi) is 3.76. The van der Waals surface area contributed by atoms with Gasteiger partial charge in [-0.3, -0.25) is 20.0 Å². The summed E-state index contributed by atoms with van der Waals surface area (Å²) in [6.45, 7) is 0.285. The van der Waals surface area contributed by atoms with Gasteiger partial charge in [0.2, 0.25) is 0 Å². The molecule has 0 spiro atoms. The van der Waals surface area contributed by atoms with E-state index in [9.17, 15) is 14.9 Å². The smallest absolute Gasteiger partial charge is 0.287 e. The third-order valence-electron chi connectivity index (χ3n) is 2.40. The Morgan fingerprint density at radius 3 is 2.84 bits per heavy atom. The van der Waals surface area contributed by atoms with Crippen LogP contribution in [-0.4, -0.2) is 21.0 Å². The summed E-state index contributed by atoms with van der Waals surface area (Å²) >= 11 is 5.73. The average molecular weight is 281 g/mol. The minimum atomic E-state index is -0.603. The molecule has 8 heteroatoms. The molecule has 0 aliphatic rings. The summed E-state index contributed by atoms with van der Waals surface area (Å²) in [6.07, 6.45) is 1.57. The third-order valence-corrected chi connectivity index (χ3v) is 2.71. The Hall–Kier alpha value is -2.41. The van der Waals surface area contributed by atoms with Crippen LogP contribution in [0.2, 0.25) is 5.02 Å². The van der Waals surface area contributed by atoms with Crippen LogP contribution >= 0.6 is 11.6 Å². The van der Waals surface area contributed by atoms with E-state index in [1.807, 2.05) is 0 Å². The van der Waals surface area contributed by atoms with Crippen molar-refractivity contribution in [3.8, 4) is 0 Å². The number of amides is 1. The van der Waals surface area contributed by atoms with Gasteiger partial charge in [0.05, 0.1) is 17.2 Å². The molecule has 0 saturated heterocycles. The molecule has 0 fully saturated rings. The Morgan fingerprint density at radius 1 is 1.47 bits per heavy atom. The van der Waals surface area contributed by atoms with Gasteiger partial charge in [0.25, 0.3) is 11.6 Å². The van der Waals surface area contributed by atoms with E-state index in [0.717, 1.165) is 5.69 Å². The number of carbonyl (C=O) groups is 1. The Labute approximate surface area is 112 Å². The summed E-state index contributed by atoms with van der Waals surface area (Å²) in [6, 6.07) is 5.55. The van der Waals surface area contributed by atoms with Gasteiger partial charge in [-0.25, -0.2) is 0 Å². The number of nitrogens with zero attached hydrogens (tertiary/aromatic N) is 2. The number of nitro groups is 1. The number of hydrogen-bond acceptors (Lipinski definition) is 4. The highest BCUT2D eigenvalue weighted by Gasteiger charge is 2.15. The van der Waals surface area contributed by atoms with Gasteiger partial charge in [0, 0.05) is 17.8 Å². The lowest BCUT2D eigenvalue weighted by molar-refractivity contribution is -0.384. The molecule has 0 aliphatic heterocycles. The number of rotatable bonds is 4. The van der Waals surface area contributed by atoms with Crippen LogP contribution in [0.3, 0.4) is 0 Å². The van der Waals surface area contributed by atoms with Gasteiger partial charge in [0.15, 0.2) is 0 Å². The highest BCUT2D eigenvalue weighted by atomic mass is 35.5. The molecule has 0 aliphatic carbocycles. The molecule has 19 heavy (non-hydrogen) atoms. The molecule has 2 rings (SSSR count). The van der Waals surface area contributed by atoms with Crippen molar-refractivity contribution in [2.45, 2.75) is 6.54 Å². The number of benzene rings is 1. The zero-order valence-corrected chi connectivity index (χ0v) is 10.3. The Bertz CT molecular complexity index is 612. The lowest BCUT2D eigenvalue weighted by Crippen LogP contribution is -2.23. The van der Waals surface area contributed by atoms with Gasteiger partial charge in [-0.05, 0) is 18.2 Å². The summed E-state index contributed by atoms with van der Waals surface area (Å²) in [4.78, 5) is 21.8. The summed E-state index contributed by atoms with van der Waals surface area (Å²) < 4.78 is 0. The van der Waals surface area contributed by atoms with Crippen LogP contribution in [0.1, 0.15) is 16.1 Å². The predicted octanol–water partition coefficient (Wildman–Crippen LogP) is 1.90. The first-order valence-corrected chi connectivity index (χ1v) is 5.66. The minimum absolute atomic E-state index is 0.0702. The van der Waals surface area contributed by atoms with E-state index in [0.29, 0.717) is 0 Å². The van der Waals surface area contributed by atoms with E-state index >= 15 is 0 Å². The first kappa shape index (κ1) is 13.0. The fraction of sp³-hybridized carbons (Fsp3) is 0.0909. The average Bonchev–Trinajstić information content (AvgIpc) is 2.88. The van der Waals surface area contributed by atoms with Crippen molar-refractivity contribution in [3.63, 3.8) is 0 Å². The number of aromatic amines is 1. The zero-order valence-electron chi connectivity index (χ0n) is 9.59. The van der Waals surface area contributed by atoms with E-state index in [1.54, 1.807) is 12.3 Å².